The van der Waals surface area contributed by atoms with Crippen LogP contribution in [-0.2, 0) is 11.2 Å². The first-order chi connectivity index (χ1) is 7.61. The summed E-state index contributed by atoms with van der Waals surface area (Å²) in [6.45, 7) is 0. The normalized spacial score (nSPS) is 18.9. The lowest BCUT2D eigenvalue weighted by Gasteiger charge is -2.24. The second-order valence-corrected chi connectivity index (χ2v) is 4.03. The summed E-state index contributed by atoms with van der Waals surface area (Å²) in [4.78, 5) is 22.3. The Hall–Kier alpha value is -1.84. The molecule has 0 saturated heterocycles. The zero-order valence-corrected chi connectivity index (χ0v) is 8.77. The van der Waals surface area contributed by atoms with E-state index in [1.165, 1.54) is 0 Å². The molecule has 1 unspecified atom stereocenters. The van der Waals surface area contributed by atoms with Gasteiger partial charge in [0, 0.05) is 0 Å². The van der Waals surface area contributed by atoms with Gasteiger partial charge >= 0.3 is 5.97 Å². The SMILES string of the molecule is NC(=O)C1CCCc2c(C(=O)O)cccc21. The Kier molecular flexibility index (Phi) is 2.64. The fourth-order valence-corrected chi connectivity index (χ4v) is 2.34. The summed E-state index contributed by atoms with van der Waals surface area (Å²) in [7, 11) is 0. The average molecular weight is 219 g/mol. The van der Waals surface area contributed by atoms with Crippen LogP contribution in [0.4, 0.5) is 0 Å². The van der Waals surface area contributed by atoms with E-state index in [0.29, 0.717) is 18.4 Å². The summed E-state index contributed by atoms with van der Waals surface area (Å²) < 4.78 is 0. The Balaban J connectivity index is 2.54. The molecule has 4 heteroatoms. The summed E-state index contributed by atoms with van der Waals surface area (Å²) in [5.41, 5.74) is 7.18. The van der Waals surface area contributed by atoms with E-state index >= 15 is 0 Å². The number of primary amides is 1. The van der Waals surface area contributed by atoms with Gasteiger partial charge in [-0.05, 0) is 36.5 Å². The number of fused-ring (bicyclic) bond motifs is 1. The van der Waals surface area contributed by atoms with E-state index in [1.807, 2.05) is 0 Å². The van der Waals surface area contributed by atoms with Crippen LogP contribution in [0.15, 0.2) is 18.2 Å². The molecule has 1 aliphatic rings. The first kappa shape index (κ1) is 10.7. The minimum atomic E-state index is -0.943. The third-order valence-corrected chi connectivity index (χ3v) is 3.08. The van der Waals surface area contributed by atoms with Crippen molar-refractivity contribution >= 4 is 11.9 Å². The van der Waals surface area contributed by atoms with Crippen molar-refractivity contribution in [3.05, 3.63) is 34.9 Å². The van der Waals surface area contributed by atoms with Gasteiger partial charge in [0.2, 0.25) is 5.91 Å². The molecule has 1 aliphatic carbocycles. The number of aromatic carboxylic acids is 1. The molecule has 0 radical (unpaired) electrons. The number of hydrogen-bond acceptors (Lipinski definition) is 2. The van der Waals surface area contributed by atoms with E-state index in [0.717, 1.165) is 17.5 Å². The van der Waals surface area contributed by atoms with Crippen molar-refractivity contribution < 1.29 is 14.7 Å². The molecule has 0 bridgehead atoms. The highest BCUT2D eigenvalue weighted by atomic mass is 16.4. The van der Waals surface area contributed by atoms with Crippen LogP contribution in [0.1, 0.15) is 40.2 Å². The molecule has 2 rings (SSSR count). The monoisotopic (exact) mass is 219 g/mol. The average Bonchev–Trinajstić information content (AvgIpc) is 2.27. The standard InChI is InChI=1S/C12H13NO3/c13-11(14)9-5-1-4-8-7(9)3-2-6-10(8)12(15)16/h2-3,6,9H,1,4-5H2,(H2,13,14)(H,15,16). The molecule has 0 fully saturated rings. The summed E-state index contributed by atoms with van der Waals surface area (Å²) in [5, 5.41) is 9.05. The predicted octanol–water partition coefficient (Wildman–Crippen LogP) is 1.29. The fourth-order valence-electron chi connectivity index (χ4n) is 2.34. The van der Waals surface area contributed by atoms with Crippen LogP contribution in [0.3, 0.4) is 0 Å². The summed E-state index contributed by atoms with van der Waals surface area (Å²) in [6.07, 6.45) is 2.23. The first-order valence-corrected chi connectivity index (χ1v) is 5.25. The second kappa shape index (κ2) is 3.96. The van der Waals surface area contributed by atoms with Crippen LogP contribution in [-0.4, -0.2) is 17.0 Å². The number of carbonyl (C=O) groups excluding carboxylic acids is 1. The highest BCUT2D eigenvalue weighted by Crippen LogP contribution is 2.33. The van der Waals surface area contributed by atoms with Crippen molar-refractivity contribution in [2.24, 2.45) is 5.73 Å². The van der Waals surface area contributed by atoms with Gasteiger partial charge in [-0.1, -0.05) is 12.1 Å². The molecule has 0 saturated carbocycles. The maximum Gasteiger partial charge on any atom is 0.335 e. The number of carboxylic acids is 1. The van der Waals surface area contributed by atoms with Crippen molar-refractivity contribution in [1.29, 1.82) is 0 Å². The van der Waals surface area contributed by atoms with Crippen LogP contribution in [0, 0.1) is 0 Å². The van der Waals surface area contributed by atoms with E-state index < -0.39 is 5.97 Å². The lowest BCUT2D eigenvalue weighted by molar-refractivity contribution is -0.119. The molecule has 0 aromatic heterocycles. The van der Waals surface area contributed by atoms with Gasteiger partial charge in [0.05, 0.1) is 11.5 Å². The molecular weight excluding hydrogens is 206 g/mol. The van der Waals surface area contributed by atoms with Gasteiger partial charge in [-0.15, -0.1) is 0 Å². The predicted molar refractivity (Wildman–Crippen MR) is 58.3 cm³/mol. The van der Waals surface area contributed by atoms with Gasteiger partial charge in [0.15, 0.2) is 0 Å². The second-order valence-electron chi connectivity index (χ2n) is 4.03. The summed E-state index contributed by atoms with van der Waals surface area (Å²) >= 11 is 0. The maximum atomic E-state index is 11.3. The smallest absolute Gasteiger partial charge is 0.335 e. The summed E-state index contributed by atoms with van der Waals surface area (Å²) in [5.74, 6) is -1.64. The fraction of sp³-hybridized carbons (Fsp3) is 0.333. The largest absolute Gasteiger partial charge is 0.478 e. The first-order valence-electron chi connectivity index (χ1n) is 5.25. The van der Waals surface area contributed by atoms with Crippen LogP contribution in [0.2, 0.25) is 0 Å². The molecule has 1 aromatic rings. The van der Waals surface area contributed by atoms with Crippen LogP contribution < -0.4 is 5.73 Å². The third kappa shape index (κ3) is 1.66. The zero-order chi connectivity index (χ0) is 11.7. The van der Waals surface area contributed by atoms with Crippen molar-refractivity contribution in [1.82, 2.24) is 0 Å². The third-order valence-electron chi connectivity index (χ3n) is 3.08. The molecule has 3 N–H and O–H groups in total. The Labute approximate surface area is 93.1 Å². The molecule has 0 spiro atoms. The van der Waals surface area contributed by atoms with E-state index in [1.54, 1.807) is 18.2 Å². The van der Waals surface area contributed by atoms with Gasteiger partial charge in [-0.25, -0.2) is 4.79 Å². The number of nitrogens with two attached hydrogens (primary N) is 1. The van der Waals surface area contributed by atoms with Gasteiger partial charge < -0.3 is 10.8 Å². The van der Waals surface area contributed by atoms with Crippen LogP contribution >= 0.6 is 0 Å². The number of amides is 1. The minimum absolute atomic E-state index is 0.295. The summed E-state index contributed by atoms with van der Waals surface area (Å²) in [6, 6.07) is 5.05. The lowest BCUT2D eigenvalue weighted by Crippen LogP contribution is -2.26. The number of hydrogen-bond donors (Lipinski definition) is 2. The molecule has 0 heterocycles. The van der Waals surface area contributed by atoms with Crippen molar-refractivity contribution in [3.8, 4) is 0 Å². The van der Waals surface area contributed by atoms with Crippen molar-refractivity contribution in [2.75, 3.05) is 0 Å². The zero-order valence-electron chi connectivity index (χ0n) is 8.77. The van der Waals surface area contributed by atoms with E-state index in [9.17, 15) is 9.59 Å². The van der Waals surface area contributed by atoms with Crippen LogP contribution in [0.5, 0.6) is 0 Å². The van der Waals surface area contributed by atoms with E-state index in [2.05, 4.69) is 0 Å². The number of rotatable bonds is 2. The molecule has 4 nitrogen and oxygen atoms in total. The number of benzene rings is 1. The van der Waals surface area contributed by atoms with Gasteiger partial charge in [-0.3, -0.25) is 4.79 Å². The molecule has 0 aliphatic heterocycles. The Morgan fingerprint density at radius 2 is 2.12 bits per heavy atom. The highest BCUT2D eigenvalue weighted by Gasteiger charge is 2.27. The molecule has 1 amide bonds. The Morgan fingerprint density at radius 3 is 2.75 bits per heavy atom. The quantitative estimate of drug-likeness (QED) is 0.786. The van der Waals surface area contributed by atoms with Crippen molar-refractivity contribution in [2.45, 2.75) is 25.2 Å². The van der Waals surface area contributed by atoms with E-state index in [-0.39, 0.29) is 11.8 Å². The number of carboxylic acid groups (broad SMARTS) is 1. The van der Waals surface area contributed by atoms with Crippen LogP contribution in [0.25, 0.3) is 0 Å². The molecule has 1 aromatic carbocycles. The van der Waals surface area contributed by atoms with E-state index in [4.69, 9.17) is 10.8 Å². The molecular formula is C12H13NO3. The van der Waals surface area contributed by atoms with Gasteiger partial charge in [0.25, 0.3) is 0 Å². The van der Waals surface area contributed by atoms with Crippen molar-refractivity contribution in [3.63, 3.8) is 0 Å². The molecule has 84 valence electrons. The topological polar surface area (TPSA) is 80.4 Å². The highest BCUT2D eigenvalue weighted by molar-refractivity contribution is 5.91. The van der Waals surface area contributed by atoms with Gasteiger partial charge in [0.1, 0.15) is 0 Å². The Bertz CT molecular complexity index is 454. The number of carbonyl (C=O) groups is 2. The van der Waals surface area contributed by atoms with Gasteiger partial charge in [-0.2, -0.15) is 0 Å². The Morgan fingerprint density at radius 1 is 1.38 bits per heavy atom. The molecule has 1 atom stereocenters. The maximum absolute atomic E-state index is 11.3. The lowest BCUT2D eigenvalue weighted by atomic mass is 9.80. The molecule has 16 heavy (non-hydrogen) atoms. The minimum Gasteiger partial charge on any atom is -0.478 e.